The molecule has 0 radical (unpaired) electrons. The molecule has 0 aromatic rings. The second-order valence-corrected chi connectivity index (χ2v) is 30.4. The van der Waals surface area contributed by atoms with Gasteiger partial charge >= 0.3 is 0 Å². The Balaban J connectivity index is 1.47. The van der Waals surface area contributed by atoms with Gasteiger partial charge in [0.2, 0.25) is 0 Å². The van der Waals surface area contributed by atoms with Crippen molar-refractivity contribution in [3.05, 3.63) is 35.5 Å². The molecule has 1 aliphatic heterocycles. The van der Waals surface area contributed by atoms with Gasteiger partial charge in [0.15, 0.2) is 22.9 Å². The molecule has 50 heavy (non-hydrogen) atoms. The Bertz CT molecular complexity index is 1210. The van der Waals surface area contributed by atoms with Crippen LogP contribution in [0.25, 0.3) is 0 Å². The SMILES string of the molecule is C=C1/C(=C/C=C2\CCC[C@@]3(C)[C@@H]2CC[C@@H]3[C@H](C)CCCC(C)(C)O[C@@H]2CCCCO2)C[C@H](O[Si](C)(C)C(C)(C)C)C[C@H]1O[Si](C)(C)C(C)(C)C. The molecule has 0 spiro atoms. The Labute approximate surface area is 312 Å². The number of hydrogen-bond acceptors (Lipinski definition) is 4. The monoisotopic (exact) mass is 729 g/mol. The van der Waals surface area contributed by atoms with E-state index in [2.05, 4.69) is 108 Å². The standard InChI is InChI=1S/C44H80O4Si2/c1-32(20-18-27-43(9,10)46-40-22-16-17-29-45-40)37-25-26-38-34(21-19-28-44(37,38)11)23-24-35-30-36(47-49(12,13)41(3,4)5)31-39(33(35)2)48-50(14,15)42(6,7)8/h23-24,32,36-40H,2,16-22,25-31H2,1,3-15H3/b34-23+,35-24+/t32-,36+,37-,38-,39-,40-,44-/m1/s1. The second kappa shape index (κ2) is 16.1. The largest absolute Gasteiger partial charge is 0.413 e. The van der Waals surface area contributed by atoms with E-state index >= 15 is 0 Å². The molecule has 288 valence electrons. The number of rotatable bonds is 12. The second-order valence-electron chi connectivity index (χ2n) is 20.9. The molecule has 4 rings (SSSR count). The first-order valence-corrected chi connectivity index (χ1v) is 26.5. The molecule has 0 amide bonds. The summed E-state index contributed by atoms with van der Waals surface area (Å²) in [5.41, 5.74) is 4.51. The van der Waals surface area contributed by atoms with Gasteiger partial charge in [0.1, 0.15) is 0 Å². The molecular formula is C44H80O4Si2. The summed E-state index contributed by atoms with van der Waals surface area (Å²) in [6.07, 6.45) is 20.7. The van der Waals surface area contributed by atoms with Gasteiger partial charge in [0.25, 0.3) is 0 Å². The summed E-state index contributed by atoms with van der Waals surface area (Å²) < 4.78 is 26.6. The van der Waals surface area contributed by atoms with Gasteiger partial charge in [-0.2, -0.15) is 0 Å². The van der Waals surface area contributed by atoms with Crippen molar-refractivity contribution in [1.29, 1.82) is 0 Å². The van der Waals surface area contributed by atoms with Crippen LogP contribution < -0.4 is 0 Å². The normalized spacial score (nSPS) is 32.8. The molecule has 6 heteroatoms. The highest BCUT2D eigenvalue weighted by Gasteiger charge is 2.51. The van der Waals surface area contributed by atoms with Crippen LogP contribution in [0.4, 0.5) is 0 Å². The van der Waals surface area contributed by atoms with Gasteiger partial charge in [0, 0.05) is 13.0 Å². The Hall–Kier alpha value is -0.506. The van der Waals surface area contributed by atoms with E-state index < -0.39 is 16.6 Å². The van der Waals surface area contributed by atoms with Crippen molar-refractivity contribution in [2.45, 2.75) is 213 Å². The maximum atomic E-state index is 7.12. The molecule has 4 nitrogen and oxygen atoms in total. The highest BCUT2D eigenvalue weighted by atomic mass is 28.4. The zero-order chi connectivity index (χ0) is 37.3. The number of ether oxygens (including phenoxy) is 2. The van der Waals surface area contributed by atoms with Crippen LogP contribution in [0.3, 0.4) is 0 Å². The van der Waals surface area contributed by atoms with Gasteiger partial charge in [-0.15, -0.1) is 0 Å². The summed E-state index contributed by atoms with van der Waals surface area (Å²) in [6.45, 7) is 38.9. The van der Waals surface area contributed by atoms with E-state index in [0.29, 0.717) is 11.3 Å². The maximum absolute atomic E-state index is 7.12. The van der Waals surface area contributed by atoms with Crippen LogP contribution in [0.5, 0.6) is 0 Å². The van der Waals surface area contributed by atoms with Gasteiger partial charge in [0.05, 0.1) is 17.8 Å². The Morgan fingerprint density at radius 3 is 2.18 bits per heavy atom. The summed E-state index contributed by atoms with van der Waals surface area (Å²) >= 11 is 0. The third kappa shape index (κ3) is 10.2. The van der Waals surface area contributed by atoms with Crippen LogP contribution in [-0.4, -0.2) is 47.3 Å². The molecule has 3 aliphatic carbocycles. The van der Waals surface area contributed by atoms with Crippen LogP contribution in [0.2, 0.25) is 36.3 Å². The molecule has 4 fully saturated rings. The van der Waals surface area contributed by atoms with E-state index in [1.807, 2.05) is 0 Å². The lowest BCUT2D eigenvalue weighted by atomic mass is 9.60. The Kier molecular flexibility index (Phi) is 13.6. The Morgan fingerprint density at radius 2 is 1.56 bits per heavy atom. The van der Waals surface area contributed by atoms with Crippen molar-refractivity contribution in [1.82, 2.24) is 0 Å². The number of hydrogen-bond donors (Lipinski definition) is 0. The molecule has 0 unspecified atom stereocenters. The Morgan fingerprint density at radius 1 is 0.900 bits per heavy atom. The molecule has 3 saturated carbocycles. The minimum Gasteiger partial charge on any atom is -0.413 e. The van der Waals surface area contributed by atoms with Crippen LogP contribution >= 0.6 is 0 Å². The van der Waals surface area contributed by atoms with Crippen LogP contribution in [0, 0.1) is 23.2 Å². The molecule has 0 aromatic carbocycles. The van der Waals surface area contributed by atoms with Crippen molar-refractivity contribution in [2.75, 3.05) is 6.61 Å². The first kappa shape index (κ1) is 42.2. The molecule has 0 aromatic heterocycles. The first-order chi connectivity index (χ1) is 23.0. The average Bonchev–Trinajstić information content (AvgIpc) is 3.34. The van der Waals surface area contributed by atoms with Crippen LogP contribution in [0.15, 0.2) is 35.5 Å². The molecular weight excluding hydrogens is 649 g/mol. The highest BCUT2D eigenvalue weighted by Crippen LogP contribution is 2.60. The number of allylic oxidation sites excluding steroid dienone is 3. The fraction of sp³-hybridized carbons (Fsp3) is 0.864. The van der Waals surface area contributed by atoms with E-state index in [0.717, 1.165) is 44.1 Å². The van der Waals surface area contributed by atoms with Gasteiger partial charge in [-0.25, -0.2) is 0 Å². The van der Waals surface area contributed by atoms with Crippen LogP contribution in [-0.2, 0) is 18.3 Å². The third-order valence-electron chi connectivity index (χ3n) is 14.5. The zero-order valence-electron chi connectivity index (χ0n) is 35.4. The maximum Gasteiger partial charge on any atom is 0.192 e. The lowest BCUT2D eigenvalue weighted by molar-refractivity contribution is -0.217. The van der Waals surface area contributed by atoms with Gasteiger partial charge in [-0.1, -0.05) is 92.5 Å². The van der Waals surface area contributed by atoms with E-state index in [1.165, 1.54) is 68.9 Å². The summed E-state index contributed by atoms with van der Waals surface area (Å²) in [7, 11) is -3.91. The fourth-order valence-electron chi connectivity index (χ4n) is 9.25. The van der Waals surface area contributed by atoms with E-state index in [4.69, 9.17) is 24.9 Å². The van der Waals surface area contributed by atoms with Crippen molar-refractivity contribution in [3.63, 3.8) is 0 Å². The fourth-order valence-corrected chi connectivity index (χ4v) is 11.9. The summed E-state index contributed by atoms with van der Waals surface area (Å²) in [4.78, 5) is 0. The summed E-state index contributed by atoms with van der Waals surface area (Å²) in [5, 5.41) is 0.336. The summed E-state index contributed by atoms with van der Waals surface area (Å²) in [5.74, 6) is 2.23. The quantitative estimate of drug-likeness (QED) is 0.188. The molecule has 7 atom stereocenters. The van der Waals surface area contributed by atoms with E-state index in [1.54, 1.807) is 5.57 Å². The topological polar surface area (TPSA) is 36.9 Å². The minimum atomic E-state index is -1.98. The molecule has 0 bridgehead atoms. The smallest absolute Gasteiger partial charge is 0.192 e. The summed E-state index contributed by atoms with van der Waals surface area (Å²) in [6, 6.07) is 0. The first-order valence-electron chi connectivity index (χ1n) is 20.7. The molecule has 0 N–H and O–H groups in total. The van der Waals surface area contributed by atoms with Crippen molar-refractivity contribution in [2.24, 2.45) is 23.2 Å². The predicted octanol–water partition coefficient (Wildman–Crippen LogP) is 13.3. The van der Waals surface area contributed by atoms with Crippen molar-refractivity contribution in [3.8, 4) is 0 Å². The van der Waals surface area contributed by atoms with Gasteiger partial charge < -0.3 is 18.3 Å². The van der Waals surface area contributed by atoms with Crippen molar-refractivity contribution < 1.29 is 18.3 Å². The van der Waals surface area contributed by atoms with Gasteiger partial charge in [-0.05, 0) is 149 Å². The lowest BCUT2D eigenvalue weighted by Gasteiger charge is -2.46. The average molecular weight is 729 g/mol. The van der Waals surface area contributed by atoms with Crippen molar-refractivity contribution >= 4 is 16.6 Å². The van der Waals surface area contributed by atoms with E-state index in [9.17, 15) is 0 Å². The minimum absolute atomic E-state index is 0.00920. The number of fused-ring (bicyclic) bond motifs is 1. The zero-order valence-corrected chi connectivity index (χ0v) is 37.4. The van der Waals surface area contributed by atoms with Crippen LogP contribution in [0.1, 0.15) is 153 Å². The predicted molar refractivity (Wildman–Crippen MR) is 219 cm³/mol. The lowest BCUT2D eigenvalue weighted by Crippen LogP contribution is -2.49. The molecule has 4 aliphatic rings. The van der Waals surface area contributed by atoms with Gasteiger partial charge in [-0.3, -0.25) is 0 Å². The molecule has 1 heterocycles. The highest BCUT2D eigenvalue weighted by molar-refractivity contribution is 6.74. The third-order valence-corrected chi connectivity index (χ3v) is 23.5. The van der Waals surface area contributed by atoms with E-state index in [-0.39, 0.29) is 34.2 Å². The molecule has 1 saturated heterocycles.